The van der Waals surface area contributed by atoms with E-state index >= 15 is 0 Å². The molecule has 0 saturated heterocycles. The average Bonchev–Trinajstić information content (AvgIpc) is 2.49. The van der Waals surface area contributed by atoms with E-state index in [4.69, 9.17) is 0 Å². The molecule has 3 nitrogen and oxygen atoms in total. The molecular weight excluding hydrogens is 328 g/mol. The van der Waals surface area contributed by atoms with Crippen molar-refractivity contribution >= 4 is 27.9 Å². The predicted molar refractivity (Wildman–Crippen MR) is 87.3 cm³/mol. The van der Waals surface area contributed by atoms with Gasteiger partial charge < -0.3 is 5.32 Å². The molecule has 2 rings (SSSR count). The summed E-state index contributed by atoms with van der Waals surface area (Å²) in [6, 6.07) is 9.72. The van der Waals surface area contributed by atoms with Crippen LogP contribution in [0.5, 0.6) is 0 Å². The zero-order valence-electron chi connectivity index (χ0n) is 12.1. The molecule has 0 heterocycles. The Labute approximate surface area is 134 Å². The smallest absolute Gasteiger partial charge is 0.262 e. The number of halogens is 1. The molecule has 4 heteroatoms. The minimum Gasteiger partial charge on any atom is -0.348 e. The molecule has 110 valence electrons. The first-order valence-corrected chi connectivity index (χ1v) is 8.07. The maximum absolute atomic E-state index is 12.2. The summed E-state index contributed by atoms with van der Waals surface area (Å²) in [5.74, 6) is 0.217. The second-order valence-corrected chi connectivity index (χ2v) is 6.48. The van der Waals surface area contributed by atoms with Gasteiger partial charge >= 0.3 is 0 Å². The molecule has 0 aliphatic heterocycles. The third kappa shape index (κ3) is 4.44. The molecule has 1 aliphatic carbocycles. The van der Waals surface area contributed by atoms with Gasteiger partial charge in [-0.2, -0.15) is 5.26 Å². The largest absolute Gasteiger partial charge is 0.348 e. The molecule has 0 bridgehead atoms. The van der Waals surface area contributed by atoms with Gasteiger partial charge in [0.15, 0.2) is 0 Å². The monoisotopic (exact) mass is 346 g/mol. The lowest BCUT2D eigenvalue weighted by Crippen LogP contribution is -2.41. The van der Waals surface area contributed by atoms with Gasteiger partial charge in [0.05, 0.1) is 0 Å². The SMILES string of the molecule is C[C@H]1CCCC[C@H]1NC(=O)/C(C#N)=C/c1ccc(Br)cc1. The van der Waals surface area contributed by atoms with E-state index in [-0.39, 0.29) is 17.5 Å². The highest BCUT2D eigenvalue weighted by molar-refractivity contribution is 9.10. The van der Waals surface area contributed by atoms with Crippen LogP contribution in [0.3, 0.4) is 0 Å². The minimum absolute atomic E-state index is 0.162. The number of rotatable bonds is 3. The van der Waals surface area contributed by atoms with Crippen LogP contribution in [0.2, 0.25) is 0 Å². The van der Waals surface area contributed by atoms with Gasteiger partial charge in [-0.05, 0) is 42.5 Å². The number of hydrogen-bond donors (Lipinski definition) is 1. The maximum atomic E-state index is 12.2. The van der Waals surface area contributed by atoms with Crippen molar-refractivity contribution in [1.82, 2.24) is 5.32 Å². The Hall–Kier alpha value is -1.60. The lowest BCUT2D eigenvalue weighted by Gasteiger charge is -2.29. The summed E-state index contributed by atoms with van der Waals surface area (Å²) >= 11 is 3.37. The van der Waals surface area contributed by atoms with Crippen LogP contribution in [0.4, 0.5) is 0 Å². The van der Waals surface area contributed by atoms with Crippen LogP contribution in [0.15, 0.2) is 34.3 Å². The third-order valence-corrected chi connectivity index (χ3v) is 4.50. The molecule has 1 aromatic carbocycles. The second-order valence-electron chi connectivity index (χ2n) is 5.56. The standard InChI is InChI=1S/C17H19BrN2O/c1-12-4-2-3-5-16(12)20-17(21)14(11-19)10-13-6-8-15(18)9-7-13/h6-10,12,16H,2-5H2,1H3,(H,20,21)/b14-10+/t12-,16+/m0/s1. The summed E-state index contributed by atoms with van der Waals surface area (Å²) in [5, 5.41) is 12.2. The molecule has 1 fully saturated rings. The van der Waals surface area contributed by atoms with Crippen LogP contribution in [-0.2, 0) is 4.79 Å². The van der Waals surface area contributed by atoms with Crippen molar-refractivity contribution in [3.8, 4) is 6.07 Å². The number of benzene rings is 1. The number of amides is 1. The molecule has 0 radical (unpaired) electrons. The van der Waals surface area contributed by atoms with Crippen molar-refractivity contribution in [1.29, 1.82) is 5.26 Å². The normalized spacial score (nSPS) is 22.4. The number of carbonyl (C=O) groups excluding carboxylic acids is 1. The van der Waals surface area contributed by atoms with E-state index in [2.05, 4.69) is 28.2 Å². The Bertz CT molecular complexity index is 571. The first kappa shape index (κ1) is 15.8. The van der Waals surface area contributed by atoms with Gasteiger partial charge in [-0.25, -0.2) is 0 Å². The van der Waals surface area contributed by atoms with Crippen LogP contribution in [0.1, 0.15) is 38.2 Å². The zero-order valence-corrected chi connectivity index (χ0v) is 13.7. The predicted octanol–water partition coefficient (Wildman–Crippen LogP) is 4.05. The third-order valence-electron chi connectivity index (χ3n) is 3.97. The average molecular weight is 347 g/mol. The molecular formula is C17H19BrN2O. The zero-order chi connectivity index (χ0) is 15.2. The van der Waals surface area contributed by atoms with Crippen LogP contribution < -0.4 is 5.32 Å². The molecule has 1 N–H and O–H groups in total. The number of nitriles is 1. The van der Waals surface area contributed by atoms with Crippen LogP contribution in [0.25, 0.3) is 6.08 Å². The van der Waals surface area contributed by atoms with Crippen molar-refractivity contribution in [3.05, 3.63) is 39.9 Å². The van der Waals surface area contributed by atoms with Gasteiger partial charge in [0, 0.05) is 10.5 Å². The fraction of sp³-hybridized carbons (Fsp3) is 0.412. The van der Waals surface area contributed by atoms with Gasteiger partial charge in [-0.1, -0.05) is 47.8 Å². The van der Waals surface area contributed by atoms with Crippen LogP contribution >= 0.6 is 15.9 Å². The van der Waals surface area contributed by atoms with Crippen molar-refractivity contribution in [3.63, 3.8) is 0 Å². The van der Waals surface area contributed by atoms with E-state index < -0.39 is 0 Å². The number of nitrogens with one attached hydrogen (secondary N) is 1. The number of carbonyl (C=O) groups is 1. The van der Waals surface area contributed by atoms with Crippen molar-refractivity contribution < 1.29 is 4.79 Å². The lowest BCUT2D eigenvalue weighted by molar-refractivity contribution is -0.118. The molecule has 21 heavy (non-hydrogen) atoms. The van der Waals surface area contributed by atoms with Crippen molar-refractivity contribution in [2.45, 2.75) is 38.6 Å². The molecule has 2 atom stereocenters. The summed E-state index contributed by atoms with van der Waals surface area (Å²) in [7, 11) is 0. The van der Waals surface area contributed by atoms with Crippen molar-refractivity contribution in [2.75, 3.05) is 0 Å². The number of hydrogen-bond acceptors (Lipinski definition) is 2. The van der Waals surface area contributed by atoms with Gasteiger partial charge in [0.25, 0.3) is 5.91 Å². The molecule has 0 aromatic heterocycles. The first-order chi connectivity index (χ1) is 10.1. The summed E-state index contributed by atoms with van der Waals surface area (Å²) in [4.78, 5) is 12.2. The highest BCUT2D eigenvalue weighted by Gasteiger charge is 2.23. The molecule has 0 unspecified atom stereocenters. The molecule has 0 spiro atoms. The van der Waals surface area contributed by atoms with E-state index in [0.29, 0.717) is 5.92 Å². The van der Waals surface area contributed by atoms with E-state index in [1.54, 1.807) is 6.08 Å². The highest BCUT2D eigenvalue weighted by Crippen LogP contribution is 2.24. The topological polar surface area (TPSA) is 52.9 Å². The van der Waals surface area contributed by atoms with Gasteiger partial charge in [0.1, 0.15) is 11.6 Å². The van der Waals surface area contributed by atoms with Crippen molar-refractivity contribution in [2.24, 2.45) is 5.92 Å². The summed E-state index contributed by atoms with van der Waals surface area (Å²) in [5.41, 5.74) is 1.01. The van der Waals surface area contributed by atoms with Crippen LogP contribution in [-0.4, -0.2) is 11.9 Å². The molecule has 1 amide bonds. The summed E-state index contributed by atoms with van der Waals surface area (Å²) in [6.07, 6.45) is 6.16. The number of nitrogens with zero attached hydrogens (tertiary/aromatic N) is 1. The van der Waals surface area contributed by atoms with Crippen LogP contribution in [0, 0.1) is 17.2 Å². The fourth-order valence-electron chi connectivity index (χ4n) is 2.65. The maximum Gasteiger partial charge on any atom is 0.262 e. The quantitative estimate of drug-likeness (QED) is 0.662. The Kier molecular flexibility index (Phi) is 5.58. The van der Waals surface area contributed by atoms with Gasteiger partial charge in [-0.15, -0.1) is 0 Å². The Balaban J connectivity index is 2.08. The van der Waals surface area contributed by atoms with E-state index in [1.807, 2.05) is 30.3 Å². The summed E-state index contributed by atoms with van der Waals surface area (Å²) < 4.78 is 0.971. The Morgan fingerprint density at radius 1 is 1.33 bits per heavy atom. The molecule has 1 aliphatic rings. The van der Waals surface area contributed by atoms with E-state index in [9.17, 15) is 10.1 Å². The van der Waals surface area contributed by atoms with E-state index in [0.717, 1.165) is 29.3 Å². The molecule has 1 saturated carbocycles. The lowest BCUT2D eigenvalue weighted by atomic mass is 9.86. The molecule has 1 aromatic rings. The Morgan fingerprint density at radius 2 is 2.00 bits per heavy atom. The first-order valence-electron chi connectivity index (χ1n) is 7.28. The summed E-state index contributed by atoms with van der Waals surface area (Å²) in [6.45, 7) is 2.16. The van der Waals surface area contributed by atoms with E-state index in [1.165, 1.54) is 6.42 Å². The second kappa shape index (κ2) is 7.42. The fourth-order valence-corrected chi connectivity index (χ4v) is 2.92. The van der Waals surface area contributed by atoms with Gasteiger partial charge in [-0.3, -0.25) is 4.79 Å². The Morgan fingerprint density at radius 3 is 2.62 bits per heavy atom. The van der Waals surface area contributed by atoms with Gasteiger partial charge in [0.2, 0.25) is 0 Å². The minimum atomic E-state index is -0.265. The highest BCUT2D eigenvalue weighted by atomic mass is 79.9.